The molecule has 0 atom stereocenters. The molecule has 140 valence electrons. The summed E-state index contributed by atoms with van der Waals surface area (Å²) in [4.78, 5) is 10.7. The van der Waals surface area contributed by atoms with Gasteiger partial charge in [0.25, 0.3) is 0 Å². The van der Waals surface area contributed by atoms with E-state index in [1.165, 1.54) is 38.2 Å². The molecule has 1 rings (SSSR count). The number of aliphatic carboxylic acids is 1. The molecule has 0 aliphatic heterocycles. The van der Waals surface area contributed by atoms with Crippen molar-refractivity contribution in [1.82, 2.24) is 0 Å². The first-order valence-corrected chi connectivity index (χ1v) is 8.92. The predicted octanol–water partition coefficient (Wildman–Crippen LogP) is 4.93. The van der Waals surface area contributed by atoms with Crippen LogP contribution in [-0.4, -0.2) is 31.9 Å². The van der Waals surface area contributed by atoms with Gasteiger partial charge in [-0.05, 0) is 30.2 Å². The van der Waals surface area contributed by atoms with E-state index in [1.54, 1.807) is 26.4 Å². The number of hydrogen-bond acceptors (Lipinski definition) is 4. The van der Waals surface area contributed by atoms with Crippen molar-refractivity contribution >= 4 is 12.0 Å². The fourth-order valence-electron chi connectivity index (χ4n) is 2.54. The van der Waals surface area contributed by atoms with Crippen LogP contribution in [-0.2, 0) is 4.79 Å². The topological polar surface area (TPSA) is 65.0 Å². The molecular weight excluding hydrogens is 320 g/mol. The number of benzene rings is 1. The molecule has 5 heteroatoms. The lowest BCUT2D eigenvalue weighted by Crippen LogP contribution is -2.02. The van der Waals surface area contributed by atoms with Gasteiger partial charge in [0.1, 0.15) is 0 Å². The van der Waals surface area contributed by atoms with Crippen molar-refractivity contribution < 1.29 is 24.1 Å². The molecule has 0 amide bonds. The van der Waals surface area contributed by atoms with E-state index in [2.05, 4.69) is 6.92 Å². The summed E-state index contributed by atoms with van der Waals surface area (Å²) in [6.45, 7) is 2.82. The predicted molar refractivity (Wildman–Crippen MR) is 99.7 cm³/mol. The molecule has 0 saturated heterocycles. The Morgan fingerprint density at radius 2 is 1.56 bits per heavy atom. The van der Waals surface area contributed by atoms with Crippen LogP contribution in [0.3, 0.4) is 0 Å². The van der Waals surface area contributed by atoms with Gasteiger partial charge < -0.3 is 19.3 Å². The van der Waals surface area contributed by atoms with Crippen molar-refractivity contribution in [2.45, 2.75) is 51.9 Å². The average molecular weight is 350 g/mol. The lowest BCUT2D eigenvalue weighted by atomic mass is 10.1. The number of carboxylic acids is 1. The zero-order valence-corrected chi connectivity index (χ0v) is 15.5. The Morgan fingerprint density at radius 3 is 2.08 bits per heavy atom. The van der Waals surface area contributed by atoms with Crippen molar-refractivity contribution in [3.05, 3.63) is 23.8 Å². The van der Waals surface area contributed by atoms with E-state index in [0.29, 0.717) is 29.4 Å². The van der Waals surface area contributed by atoms with Crippen LogP contribution in [0.25, 0.3) is 6.08 Å². The van der Waals surface area contributed by atoms with Crippen molar-refractivity contribution in [2.24, 2.45) is 0 Å². The highest BCUT2D eigenvalue weighted by Gasteiger charge is 2.13. The van der Waals surface area contributed by atoms with Crippen molar-refractivity contribution in [1.29, 1.82) is 0 Å². The minimum Gasteiger partial charge on any atom is -0.493 e. The van der Waals surface area contributed by atoms with Gasteiger partial charge in [0.05, 0.1) is 20.8 Å². The number of carboxylic acid groups (broad SMARTS) is 1. The summed E-state index contributed by atoms with van der Waals surface area (Å²) >= 11 is 0. The maximum absolute atomic E-state index is 10.7. The fourth-order valence-corrected chi connectivity index (χ4v) is 2.54. The van der Waals surface area contributed by atoms with Crippen LogP contribution in [0.5, 0.6) is 17.2 Å². The Labute approximate surface area is 150 Å². The monoisotopic (exact) mass is 350 g/mol. The first kappa shape index (κ1) is 20.9. The Morgan fingerprint density at radius 1 is 1.00 bits per heavy atom. The molecular formula is C20H30O5. The van der Waals surface area contributed by atoms with Gasteiger partial charge in [0.2, 0.25) is 5.75 Å². The molecule has 1 N–H and O–H groups in total. The van der Waals surface area contributed by atoms with Crippen LogP contribution in [0.1, 0.15) is 57.4 Å². The summed E-state index contributed by atoms with van der Waals surface area (Å²) in [7, 11) is 3.11. The average Bonchev–Trinajstić information content (AvgIpc) is 2.62. The van der Waals surface area contributed by atoms with Gasteiger partial charge in [0.15, 0.2) is 11.5 Å². The Hall–Kier alpha value is -2.17. The third-order valence-corrected chi connectivity index (χ3v) is 3.90. The highest BCUT2D eigenvalue weighted by Crippen LogP contribution is 2.39. The van der Waals surface area contributed by atoms with Crippen molar-refractivity contribution in [3.63, 3.8) is 0 Å². The van der Waals surface area contributed by atoms with Crippen LogP contribution < -0.4 is 14.2 Å². The molecule has 1 aromatic carbocycles. The number of carbonyl (C=O) groups is 1. The third kappa shape index (κ3) is 7.96. The number of rotatable bonds is 13. The summed E-state index contributed by atoms with van der Waals surface area (Å²) in [6, 6.07) is 3.48. The Balaban J connectivity index is 2.61. The summed E-state index contributed by atoms with van der Waals surface area (Å²) in [5.74, 6) is 0.625. The van der Waals surface area contributed by atoms with Crippen LogP contribution >= 0.6 is 0 Å². The lowest BCUT2D eigenvalue weighted by Gasteiger charge is -2.15. The van der Waals surface area contributed by atoms with Crippen molar-refractivity contribution in [2.75, 3.05) is 20.8 Å². The van der Waals surface area contributed by atoms with Gasteiger partial charge in [0, 0.05) is 6.08 Å². The minimum absolute atomic E-state index is 0.535. The highest BCUT2D eigenvalue weighted by molar-refractivity contribution is 5.85. The van der Waals surface area contributed by atoms with Gasteiger partial charge in [-0.1, -0.05) is 45.4 Å². The minimum atomic E-state index is -1.00. The molecule has 0 spiro atoms. The van der Waals surface area contributed by atoms with Crippen LogP contribution in [0, 0.1) is 0 Å². The zero-order valence-electron chi connectivity index (χ0n) is 15.5. The van der Waals surface area contributed by atoms with Gasteiger partial charge >= 0.3 is 5.97 Å². The second kappa shape index (κ2) is 12.2. The SMILES string of the molecule is CCCCCCCCCOc1c(OC)cc(C=CC(=O)O)cc1OC. The maximum atomic E-state index is 10.7. The number of hydrogen-bond donors (Lipinski definition) is 1. The molecule has 25 heavy (non-hydrogen) atoms. The Kier molecular flexibility index (Phi) is 10.2. The van der Waals surface area contributed by atoms with Gasteiger partial charge in [-0.2, -0.15) is 0 Å². The molecule has 0 bridgehead atoms. The molecule has 5 nitrogen and oxygen atoms in total. The number of unbranched alkanes of at least 4 members (excludes halogenated alkanes) is 6. The molecule has 0 aliphatic carbocycles. The lowest BCUT2D eigenvalue weighted by molar-refractivity contribution is -0.131. The molecule has 1 aromatic rings. The summed E-state index contributed by atoms with van der Waals surface area (Å²) in [5, 5.41) is 8.74. The molecule has 0 fully saturated rings. The van der Waals surface area contributed by atoms with E-state index in [0.717, 1.165) is 18.9 Å². The number of ether oxygens (including phenoxy) is 3. The van der Waals surface area contributed by atoms with Gasteiger partial charge in [-0.15, -0.1) is 0 Å². The van der Waals surface area contributed by atoms with E-state index >= 15 is 0 Å². The van der Waals surface area contributed by atoms with E-state index in [9.17, 15) is 4.79 Å². The van der Waals surface area contributed by atoms with E-state index in [-0.39, 0.29) is 0 Å². The van der Waals surface area contributed by atoms with Crippen LogP contribution in [0.2, 0.25) is 0 Å². The maximum Gasteiger partial charge on any atom is 0.328 e. The second-order valence-electron chi connectivity index (χ2n) is 5.90. The zero-order chi connectivity index (χ0) is 18.5. The Bertz CT molecular complexity index is 526. The van der Waals surface area contributed by atoms with E-state index in [4.69, 9.17) is 19.3 Å². The fraction of sp³-hybridized carbons (Fsp3) is 0.550. The quantitative estimate of drug-likeness (QED) is 0.403. The molecule has 0 aromatic heterocycles. The standard InChI is InChI=1S/C20H30O5/c1-4-5-6-7-8-9-10-13-25-20-17(23-2)14-16(11-12-19(21)22)15-18(20)24-3/h11-12,14-15H,4-10,13H2,1-3H3,(H,21,22). The van der Waals surface area contributed by atoms with Crippen LogP contribution in [0.15, 0.2) is 18.2 Å². The van der Waals surface area contributed by atoms with E-state index in [1.807, 2.05) is 0 Å². The summed E-state index contributed by atoms with van der Waals surface area (Å²) in [5.41, 5.74) is 0.680. The van der Waals surface area contributed by atoms with Gasteiger partial charge in [-0.3, -0.25) is 0 Å². The molecule has 0 heterocycles. The van der Waals surface area contributed by atoms with Crippen molar-refractivity contribution in [3.8, 4) is 17.2 Å². The van der Waals surface area contributed by atoms with Crippen LogP contribution in [0.4, 0.5) is 0 Å². The molecule has 0 saturated carbocycles. The normalized spacial score (nSPS) is 10.8. The largest absolute Gasteiger partial charge is 0.493 e. The second-order valence-corrected chi connectivity index (χ2v) is 5.90. The molecule has 0 radical (unpaired) electrons. The number of methoxy groups -OCH3 is 2. The summed E-state index contributed by atoms with van der Waals surface area (Å²) < 4.78 is 16.6. The third-order valence-electron chi connectivity index (χ3n) is 3.90. The first-order chi connectivity index (χ1) is 12.1. The van der Waals surface area contributed by atoms with E-state index < -0.39 is 5.97 Å². The highest BCUT2D eigenvalue weighted by atomic mass is 16.5. The molecule has 0 unspecified atom stereocenters. The summed E-state index contributed by atoms with van der Waals surface area (Å²) in [6.07, 6.45) is 11.1. The van der Waals surface area contributed by atoms with Gasteiger partial charge in [-0.25, -0.2) is 4.79 Å². The smallest absolute Gasteiger partial charge is 0.328 e. The first-order valence-electron chi connectivity index (χ1n) is 8.92. The molecule has 0 aliphatic rings.